The highest BCUT2D eigenvalue weighted by molar-refractivity contribution is 6.31. The zero-order chi connectivity index (χ0) is 13.9. The van der Waals surface area contributed by atoms with Crippen molar-refractivity contribution in [2.75, 3.05) is 6.54 Å². The fourth-order valence-electron chi connectivity index (χ4n) is 2.57. The second-order valence-corrected chi connectivity index (χ2v) is 5.45. The van der Waals surface area contributed by atoms with Crippen LogP contribution in [-0.4, -0.2) is 31.3 Å². The van der Waals surface area contributed by atoms with Crippen molar-refractivity contribution < 1.29 is 5.11 Å². The summed E-state index contributed by atoms with van der Waals surface area (Å²) in [6, 6.07) is 3.94. The normalized spacial score (nSPS) is 15.9. The summed E-state index contributed by atoms with van der Waals surface area (Å²) in [5, 5.41) is 14.3. The first-order valence-electron chi connectivity index (χ1n) is 6.73. The topological polar surface area (TPSA) is 54.2 Å². The molecule has 106 valence electrons. The lowest BCUT2D eigenvalue weighted by Crippen LogP contribution is -2.23. The number of aliphatic hydroxyl groups excluding tert-OH is 1. The Hall–Kier alpha value is -1.43. The molecule has 0 fully saturated rings. The van der Waals surface area contributed by atoms with E-state index in [4.69, 9.17) is 11.6 Å². The summed E-state index contributed by atoms with van der Waals surface area (Å²) in [6.07, 6.45) is 4.50. The van der Waals surface area contributed by atoms with Gasteiger partial charge in [-0.3, -0.25) is 14.6 Å². The van der Waals surface area contributed by atoms with Gasteiger partial charge in [-0.1, -0.05) is 11.6 Å². The third-order valence-electron chi connectivity index (χ3n) is 3.56. The Morgan fingerprint density at radius 2 is 2.25 bits per heavy atom. The molecule has 6 heteroatoms. The highest BCUT2D eigenvalue weighted by Gasteiger charge is 2.17. The van der Waals surface area contributed by atoms with E-state index in [0.717, 1.165) is 49.6 Å². The van der Waals surface area contributed by atoms with E-state index in [9.17, 15) is 5.11 Å². The van der Waals surface area contributed by atoms with Crippen molar-refractivity contribution in [2.45, 2.75) is 32.7 Å². The molecule has 0 radical (unpaired) electrons. The van der Waals surface area contributed by atoms with Gasteiger partial charge in [0.1, 0.15) is 0 Å². The third-order valence-corrected chi connectivity index (χ3v) is 3.90. The Kier molecular flexibility index (Phi) is 4.00. The molecular weight excluding hydrogens is 276 g/mol. The molecule has 2 aromatic heterocycles. The molecule has 0 spiro atoms. The minimum atomic E-state index is -0.00379. The molecule has 2 aromatic rings. The summed E-state index contributed by atoms with van der Waals surface area (Å²) in [5.41, 5.74) is 2.98. The second-order valence-electron chi connectivity index (χ2n) is 5.04. The van der Waals surface area contributed by atoms with E-state index in [1.54, 1.807) is 12.4 Å². The maximum Gasteiger partial charge on any atom is 0.0882 e. The van der Waals surface area contributed by atoms with Gasteiger partial charge in [-0.05, 0) is 24.1 Å². The Bertz CT molecular complexity index is 599. The number of pyridine rings is 1. The van der Waals surface area contributed by atoms with Gasteiger partial charge in [0, 0.05) is 38.6 Å². The van der Waals surface area contributed by atoms with Crippen molar-refractivity contribution in [3.05, 3.63) is 46.5 Å². The number of halogens is 1. The molecule has 0 bridgehead atoms. The van der Waals surface area contributed by atoms with Crippen LogP contribution in [0.3, 0.4) is 0 Å². The molecule has 0 saturated heterocycles. The Labute approximate surface area is 122 Å². The molecule has 5 nitrogen and oxygen atoms in total. The summed E-state index contributed by atoms with van der Waals surface area (Å²) in [4.78, 5) is 6.36. The SMILES string of the molecule is OCc1cc2n(n1)CCCN(Cc1ccncc1Cl)C2. The number of hydrogen-bond acceptors (Lipinski definition) is 4. The van der Waals surface area contributed by atoms with Gasteiger partial charge in [0.25, 0.3) is 0 Å². The lowest BCUT2D eigenvalue weighted by atomic mass is 10.2. The maximum absolute atomic E-state index is 9.18. The van der Waals surface area contributed by atoms with Crippen LogP contribution in [0.15, 0.2) is 24.5 Å². The van der Waals surface area contributed by atoms with Crippen molar-refractivity contribution in [3.63, 3.8) is 0 Å². The average Bonchev–Trinajstić information content (AvgIpc) is 2.74. The number of hydrogen-bond donors (Lipinski definition) is 1. The largest absolute Gasteiger partial charge is 0.390 e. The van der Waals surface area contributed by atoms with Crippen LogP contribution in [0.4, 0.5) is 0 Å². The second kappa shape index (κ2) is 5.91. The standard InChI is InChI=1S/C14H17ClN4O/c15-14-7-16-3-2-11(14)8-18-4-1-5-19-13(9-18)6-12(10-20)17-19/h2-3,6-7,20H,1,4-5,8-10H2. The lowest BCUT2D eigenvalue weighted by molar-refractivity contribution is 0.260. The van der Waals surface area contributed by atoms with Gasteiger partial charge in [-0.2, -0.15) is 5.10 Å². The molecule has 1 N–H and O–H groups in total. The van der Waals surface area contributed by atoms with Crippen molar-refractivity contribution in [1.82, 2.24) is 19.7 Å². The molecule has 0 unspecified atom stereocenters. The number of aryl methyl sites for hydroxylation is 1. The molecular formula is C14H17ClN4O. The summed E-state index contributed by atoms with van der Waals surface area (Å²) < 4.78 is 2.00. The van der Waals surface area contributed by atoms with Crippen LogP contribution in [0.1, 0.15) is 23.4 Å². The van der Waals surface area contributed by atoms with E-state index in [-0.39, 0.29) is 6.61 Å². The number of aromatic nitrogens is 3. The van der Waals surface area contributed by atoms with Crippen LogP contribution in [0, 0.1) is 0 Å². The Balaban J connectivity index is 1.77. The van der Waals surface area contributed by atoms with Gasteiger partial charge in [-0.25, -0.2) is 0 Å². The fourth-order valence-corrected chi connectivity index (χ4v) is 2.75. The van der Waals surface area contributed by atoms with Gasteiger partial charge in [0.2, 0.25) is 0 Å². The van der Waals surface area contributed by atoms with Gasteiger partial charge >= 0.3 is 0 Å². The van der Waals surface area contributed by atoms with Gasteiger partial charge in [0.15, 0.2) is 0 Å². The molecule has 0 aromatic carbocycles. The lowest BCUT2D eigenvalue weighted by Gasteiger charge is -2.19. The molecule has 1 aliphatic rings. The molecule has 3 rings (SSSR count). The summed E-state index contributed by atoms with van der Waals surface area (Å²) in [6.45, 7) is 3.54. The average molecular weight is 293 g/mol. The van der Waals surface area contributed by atoms with Crippen molar-refractivity contribution >= 4 is 11.6 Å². The van der Waals surface area contributed by atoms with Crippen LogP contribution in [0.2, 0.25) is 5.02 Å². The van der Waals surface area contributed by atoms with Gasteiger partial charge in [-0.15, -0.1) is 0 Å². The predicted octanol–water partition coefficient (Wildman–Crippen LogP) is 1.83. The van der Waals surface area contributed by atoms with Crippen LogP contribution < -0.4 is 0 Å². The van der Waals surface area contributed by atoms with E-state index in [1.165, 1.54) is 0 Å². The first kappa shape index (κ1) is 13.5. The highest BCUT2D eigenvalue weighted by Crippen LogP contribution is 2.20. The quantitative estimate of drug-likeness (QED) is 0.938. The minimum absolute atomic E-state index is 0.00379. The zero-order valence-corrected chi connectivity index (χ0v) is 11.9. The summed E-state index contributed by atoms with van der Waals surface area (Å²) in [7, 11) is 0. The van der Waals surface area contributed by atoms with Gasteiger partial charge in [0.05, 0.1) is 23.0 Å². The van der Waals surface area contributed by atoms with E-state index in [2.05, 4.69) is 15.0 Å². The van der Waals surface area contributed by atoms with E-state index in [1.807, 2.05) is 16.8 Å². The van der Waals surface area contributed by atoms with Crippen molar-refractivity contribution in [2.24, 2.45) is 0 Å². The van der Waals surface area contributed by atoms with E-state index >= 15 is 0 Å². The minimum Gasteiger partial charge on any atom is -0.390 e. The van der Waals surface area contributed by atoms with Gasteiger partial charge < -0.3 is 5.11 Å². The third kappa shape index (κ3) is 2.85. The summed E-state index contributed by atoms with van der Waals surface area (Å²) in [5.74, 6) is 0. The number of fused-ring (bicyclic) bond motifs is 1. The zero-order valence-electron chi connectivity index (χ0n) is 11.2. The van der Waals surface area contributed by atoms with Crippen LogP contribution >= 0.6 is 11.6 Å². The first-order chi connectivity index (χ1) is 9.76. The number of nitrogens with zero attached hydrogens (tertiary/aromatic N) is 4. The number of aliphatic hydroxyl groups is 1. The van der Waals surface area contributed by atoms with Crippen LogP contribution in [-0.2, 0) is 26.2 Å². The Morgan fingerprint density at radius 1 is 1.35 bits per heavy atom. The number of rotatable bonds is 3. The van der Waals surface area contributed by atoms with Crippen LogP contribution in [0.5, 0.6) is 0 Å². The highest BCUT2D eigenvalue weighted by atomic mass is 35.5. The molecule has 0 amide bonds. The molecule has 1 aliphatic heterocycles. The molecule has 3 heterocycles. The monoisotopic (exact) mass is 292 g/mol. The van der Waals surface area contributed by atoms with E-state index in [0.29, 0.717) is 5.02 Å². The maximum atomic E-state index is 9.18. The molecule has 0 saturated carbocycles. The smallest absolute Gasteiger partial charge is 0.0882 e. The molecule has 0 atom stereocenters. The first-order valence-corrected chi connectivity index (χ1v) is 7.11. The summed E-state index contributed by atoms with van der Waals surface area (Å²) >= 11 is 6.17. The van der Waals surface area contributed by atoms with E-state index < -0.39 is 0 Å². The fraction of sp³-hybridized carbons (Fsp3) is 0.429. The molecule has 20 heavy (non-hydrogen) atoms. The molecule has 0 aliphatic carbocycles. The Morgan fingerprint density at radius 3 is 3.05 bits per heavy atom. The van der Waals surface area contributed by atoms with Crippen molar-refractivity contribution in [3.8, 4) is 0 Å². The van der Waals surface area contributed by atoms with Crippen LogP contribution in [0.25, 0.3) is 0 Å². The predicted molar refractivity (Wildman–Crippen MR) is 76.1 cm³/mol. The van der Waals surface area contributed by atoms with Crippen molar-refractivity contribution in [1.29, 1.82) is 0 Å².